The Morgan fingerprint density at radius 2 is 1.83 bits per heavy atom. The second-order valence-electron chi connectivity index (χ2n) is 0.529. The molecule has 2 N–H and O–H groups in total. The molecule has 0 fully saturated rings. The van der Waals surface area contributed by atoms with Gasteiger partial charge in [0.25, 0.3) is 0 Å². The van der Waals surface area contributed by atoms with E-state index >= 15 is 0 Å². The highest BCUT2D eigenvalue weighted by molar-refractivity contribution is 7.84. The standard InChI is InChI=1S/FH2NO3S/c1-6(4,5)2-3/h2-3H. The molecule has 0 atom stereocenters. The number of halogens is 1. The summed E-state index contributed by atoms with van der Waals surface area (Å²) in [5.74, 6) is 0. The lowest BCUT2D eigenvalue weighted by atomic mass is 13.5. The average Bonchev–Trinajstić information content (AvgIpc) is 1.35. The Labute approximate surface area is 33.9 Å². The smallest absolute Gasteiger partial charge is 0.300 e. The molecule has 6 heavy (non-hydrogen) atoms. The van der Waals surface area contributed by atoms with Crippen LogP contribution in [0.1, 0.15) is 0 Å². The second kappa shape index (κ2) is 1.50. The van der Waals surface area contributed by atoms with Crippen LogP contribution in [0.25, 0.3) is 0 Å². The van der Waals surface area contributed by atoms with Crippen molar-refractivity contribution < 1.29 is 17.5 Å². The van der Waals surface area contributed by atoms with E-state index < -0.39 is 10.4 Å². The molecule has 0 aromatic carbocycles. The molecule has 0 radical (unpaired) electrons. The predicted octanol–water partition coefficient (Wildman–Crippen LogP) is -0.821. The highest BCUT2D eigenvalue weighted by Crippen LogP contribution is 1.75. The number of hydrogen-bond donors (Lipinski definition) is 2. The molecule has 0 spiro atoms. The van der Waals surface area contributed by atoms with E-state index in [9.17, 15) is 3.89 Å². The van der Waals surface area contributed by atoms with Gasteiger partial charge in [0.2, 0.25) is 0 Å². The van der Waals surface area contributed by atoms with E-state index in [1.165, 1.54) is 0 Å². The minimum Gasteiger partial charge on any atom is -0.300 e. The molecule has 0 saturated heterocycles. The predicted molar refractivity (Wildman–Crippen MR) is 15.0 cm³/mol. The summed E-state index contributed by atoms with van der Waals surface area (Å²) in [5.41, 5.74) is 0. The molecule has 6 heteroatoms. The van der Waals surface area contributed by atoms with Crippen molar-refractivity contribution >= 4 is 10.4 Å². The normalized spacial score (nSPS) is 11.7. The Balaban J connectivity index is 3.85. The molecule has 0 rings (SSSR count). The molecule has 0 saturated carbocycles. The van der Waals surface area contributed by atoms with Crippen LogP contribution in [0.4, 0.5) is 3.89 Å². The number of rotatable bonds is 1. The summed E-state index contributed by atoms with van der Waals surface area (Å²) in [4.78, 5) is 0.410. The molecule has 0 aromatic rings. The van der Waals surface area contributed by atoms with Crippen molar-refractivity contribution in [3.8, 4) is 0 Å². The van der Waals surface area contributed by atoms with Gasteiger partial charge >= 0.3 is 10.4 Å². The highest BCUT2D eigenvalue weighted by Gasteiger charge is 1.97. The molecule has 0 bridgehead atoms. The third-order valence-corrected chi connectivity index (χ3v) is 0.327. The first-order valence-corrected chi connectivity index (χ1v) is 2.30. The number of hydrogen-bond acceptors (Lipinski definition) is 3. The van der Waals surface area contributed by atoms with Crippen LogP contribution in [0.3, 0.4) is 0 Å². The van der Waals surface area contributed by atoms with Crippen molar-refractivity contribution in [2.24, 2.45) is 0 Å². The van der Waals surface area contributed by atoms with Crippen LogP contribution in [0.15, 0.2) is 0 Å². The third-order valence-electron chi connectivity index (χ3n) is 0.109. The summed E-state index contributed by atoms with van der Waals surface area (Å²) in [7, 11) is -4.86. The zero-order valence-electron chi connectivity index (χ0n) is 2.55. The zero-order chi connectivity index (χ0) is 5.21. The lowest BCUT2D eigenvalue weighted by Crippen LogP contribution is -2.12. The summed E-state index contributed by atoms with van der Waals surface area (Å²) in [6, 6.07) is 0. The molecule has 0 aromatic heterocycles. The summed E-state index contributed by atoms with van der Waals surface area (Å²) in [6.07, 6.45) is 0. The molecule has 0 aliphatic carbocycles. The minimum absolute atomic E-state index is 0.410. The summed E-state index contributed by atoms with van der Waals surface area (Å²) < 4.78 is 28.7. The van der Waals surface area contributed by atoms with E-state index in [2.05, 4.69) is 0 Å². The molecular weight excluding hydrogens is 113 g/mol. The van der Waals surface area contributed by atoms with Gasteiger partial charge in [0, 0.05) is 0 Å². The lowest BCUT2D eigenvalue weighted by Gasteiger charge is -1.78. The number of nitrogens with one attached hydrogen (secondary N) is 1. The maximum Gasteiger partial charge on any atom is 0.394 e. The van der Waals surface area contributed by atoms with Gasteiger partial charge in [0.1, 0.15) is 0 Å². The van der Waals surface area contributed by atoms with Gasteiger partial charge in [-0.2, -0.15) is 8.42 Å². The van der Waals surface area contributed by atoms with Gasteiger partial charge in [0.05, 0.1) is 0 Å². The first-order valence-electron chi connectivity index (χ1n) is 0.915. The fraction of sp³-hybridized carbons (Fsp3) is 0. The Hall–Kier alpha value is -0.200. The van der Waals surface area contributed by atoms with Gasteiger partial charge in [-0.1, -0.05) is 8.77 Å². The van der Waals surface area contributed by atoms with Crippen molar-refractivity contribution in [3.63, 3.8) is 0 Å². The van der Waals surface area contributed by atoms with Crippen molar-refractivity contribution in [2.45, 2.75) is 0 Å². The molecule has 0 amide bonds. The quantitative estimate of drug-likeness (QED) is 0.346. The van der Waals surface area contributed by atoms with Crippen molar-refractivity contribution in [1.82, 2.24) is 4.89 Å². The molecular formula is H2FNO3S. The van der Waals surface area contributed by atoms with Crippen LogP contribution in [0, 0.1) is 0 Å². The molecule has 0 unspecified atom stereocenters. The summed E-state index contributed by atoms with van der Waals surface area (Å²) in [5, 5.41) is 7.19. The van der Waals surface area contributed by atoms with E-state index in [4.69, 9.17) is 13.6 Å². The molecule has 4 nitrogen and oxygen atoms in total. The molecule has 0 aliphatic rings. The zero-order valence-corrected chi connectivity index (χ0v) is 3.37. The maximum atomic E-state index is 10.7. The van der Waals surface area contributed by atoms with Gasteiger partial charge in [-0.15, -0.1) is 0 Å². The van der Waals surface area contributed by atoms with Gasteiger partial charge in [-0.05, 0) is 0 Å². The Morgan fingerprint density at radius 1 is 1.67 bits per heavy atom. The van der Waals surface area contributed by atoms with Gasteiger partial charge in [0.15, 0.2) is 0 Å². The van der Waals surface area contributed by atoms with Crippen LogP contribution in [-0.2, 0) is 10.4 Å². The van der Waals surface area contributed by atoms with Crippen LogP contribution in [0.2, 0.25) is 0 Å². The summed E-state index contributed by atoms with van der Waals surface area (Å²) >= 11 is 0. The van der Waals surface area contributed by atoms with Crippen molar-refractivity contribution in [2.75, 3.05) is 0 Å². The SMILES string of the molecule is O=S(=O)(F)NO. The van der Waals surface area contributed by atoms with Gasteiger partial charge < -0.3 is 5.21 Å². The van der Waals surface area contributed by atoms with E-state index in [1.807, 2.05) is 0 Å². The Morgan fingerprint density at radius 3 is 1.83 bits per heavy atom. The van der Waals surface area contributed by atoms with Crippen LogP contribution in [0.5, 0.6) is 0 Å². The third kappa shape index (κ3) is 3.80. The minimum atomic E-state index is -4.86. The fourth-order valence-electron chi connectivity index (χ4n) is 0. The maximum absolute atomic E-state index is 10.7. The van der Waals surface area contributed by atoms with Crippen LogP contribution >= 0.6 is 0 Å². The highest BCUT2D eigenvalue weighted by atomic mass is 32.3. The van der Waals surface area contributed by atoms with Crippen LogP contribution < -0.4 is 4.89 Å². The monoisotopic (exact) mass is 115 g/mol. The lowest BCUT2D eigenvalue weighted by molar-refractivity contribution is 0.235. The molecule has 38 valence electrons. The van der Waals surface area contributed by atoms with Crippen molar-refractivity contribution in [3.05, 3.63) is 0 Å². The fourth-order valence-corrected chi connectivity index (χ4v) is 0. The van der Waals surface area contributed by atoms with E-state index in [0.717, 1.165) is 0 Å². The van der Waals surface area contributed by atoms with E-state index in [0.29, 0.717) is 4.89 Å². The molecule has 0 aliphatic heterocycles. The van der Waals surface area contributed by atoms with Gasteiger partial charge in [-0.3, -0.25) is 0 Å². The second-order valence-corrected chi connectivity index (χ2v) is 1.59. The van der Waals surface area contributed by atoms with E-state index in [-0.39, 0.29) is 0 Å². The Bertz CT molecular complexity index is 113. The average molecular weight is 115 g/mol. The Kier molecular flexibility index (Phi) is 1.45. The van der Waals surface area contributed by atoms with Gasteiger partial charge in [-0.25, -0.2) is 0 Å². The topological polar surface area (TPSA) is 66.4 Å². The summed E-state index contributed by atoms with van der Waals surface area (Å²) in [6.45, 7) is 0. The first kappa shape index (κ1) is 5.80. The first-order chi connectivity index (χ1) is 2.56. The largest absolute Gasteiger partial charge is 0.394 e. The van der Waals surface area contributed by atoms with Crippen LogP contribution in [-0.4, -0.2) is 13.6 Å². The van der Waals surface area contributed by atoms with E-state index in [1.54, 1.807) is 0 Å². The van der Waals surface area contributed by atoms with Crippen molar-refractivity contribution in [1.29, 1.82) is 0 Å². The molecule has 0 heterocycles.